The molecule has 0 aliphatic carbocycles. The highest BCUT2D eigenvalue weighted by atomic mass is 32.1. The van der Waals surface area contributed by atoms with Crippen molar-refractivity contribution in [3.63, 3.8) is 0 Å². The number of thiazole rings is 1. The molecule has 1 aliphatic heterocycles. The maximum Gasteiger partial charge on any atom is 0.296 e. The van der Waals surface area contributed by atoms with Crippen LogP contribution in [0.3, 0.4) is 0 Å². The first kappa shape index (κ1) is 24.8. The highest BCUT2D eigenvalue weighted by molar-refractivity contribution is 7.22. The van der Waals surface area contributed by atoms with Gasteiger partial charge in [-0.3, -0.25) is 14.5 Å². The molecule has 0 saturated carbocycles. The summed E-state index contributed by atoms with van der Waals surface area (Å²) < 4.78 is 12.8. The van der Waals surface area contributed by atoms with E-state index >= 15 is 0 Å². The van der Waals surface area contributed by atoms with Crippen molar-refractivity contribution in [1.29, 1.82) is 0 Å². The Morgan fingerprint density at radius 3 is 2.54 bits per heavy atom. The fourth-order valence-electron chi connectivity index (χ4n) is 5.07. The third-order valence-electron chi connectivity index (χ3n) is 6.99. The molecule has 200 valence electrons. The number of benzene rings is 4. The lowest BCUT2D eigenvalue weighted by atomic mass is 9.95. The summed E-state index contributed by atoms with van der Waals surface area (Å²) in [6, 6.07) is 30.2. The predicted molar refractivity (Wildman–Crippen MR) is 158 cm³/mol. The Balaban J connectivity index is 1.36. The third-order valence-corrected chi connectivity index (χ3v) is 8.01. The lowest BCUT2D eigenvalue weighted by Gasteiger charge is -2.24. The smallest absolute Gasteiger partial charge is 0.296 e. The Morgan fingerprint density at radius 2 is 1.71 bits per heavy atom. The number of ether oxygens (including phenoxy) is 1. The molecule has 1 N–H and O–H groups in total. The number of carbonyl (C=O) groups excluding carboxylic acids is 2. The minimum absolute atomic E-state index is 0.0315. The van der Waals surface area contributed by atoms with Crippen LogP contribution in [0, 0.1) is 6.92 Å². The lowest BCUT2D eigenvalue weighted by Crippen LogP contribution is -2.31. The Morgan fingerprint density at radius 1 is 0.927 bits per heavy atom. The molecule has 1 unspecified atom stereocenters. The first-order valence-electron chi connectivity index (χ1n) is 13.0. The largest absolute Gasteiger partial charge is 0.503 e. The van der Waals surface area contributed by atoms with Crippen LogP contribution >= 0.6 is 11.3 Å². The monoisotopic (exact) mass is 558 g/mol. The molecule has 0 saturated heterocycles. The van der Waals surface area contributed by atoms with Gasteiger partial charge in [0.05, 0.1) is 21.8 Å². The van der Waals surface area contributed by atoms with Crippen molar-refractivity contribution in [3.8, 4) is 11.5 Å². The zero-order valence-corrected chi connectivity index (χ0v) is 22.6. The molecule has 0 fully saturated rings. The van der Waals surface area contributed by atoms with Crippen molar-refractivity contribution < 1.29 is 23.8 Å². The number of hydrogen-bond acceptors (Lipinski definition) is 7. The number of carbonyl (C=O) groups is 2. The molecule has 1 atom stereocenters. The van der Waals surface area contributed by atoms with Crippen LogP contribution in [0.1, 0.15) is 27.7 Å². The zero-order valence-electron chi connectivity index (χ0n) is 21.8. The van der Waals surface area contributed by atoms with E-state index in [1.165, 1.54) is 16.2 Å². The van der Waals surface area contributed by atoms with E-state index in [9.17, 15) is 14.7 Å². The maximum atomic E-state index is 14.0. The SMILES string of the molecule is Cc1ccc2nc(N3C(=O)C(O)=C(C(=O)c4cc5ccccc5o4)C3c3cccc(Oc4ccccc4)c3)sc2c1. The van der Waals surface area contributed by atoms with Crippen LogP contribution in [0.25, 0.3) is 21.2 Å². The lowest BCUT2D eigenvalue weighted by molar-refractivity contribution is -0.117. The average molecular weight is 559 g/mol. The summed E-state index contributed by atoms with van der Waals surface area (Å²) in [6.45, 7) is 1.98. The number of anilines is 1. The minimum atomic E-state index is -0.968. The summed E-state index contributed by atoms with van der Waals surface area (Å²) >= 11 is 1.32. The number of Topliss-reactive ketones (excluding diaryl/α,β-unsaturated/α-hetero) is 1. The molecule has 8 heteroatoms. The quantitative estimate of drug-likeness (QED) is 0.209. The normalized spacial score (nSPS) is 15.3. The van der Waals surface area contributed by atoms with Gasteiger partial charge in [0.2, 0.25) is 5.78 Å². The van der Waals surface area contributed by atoms with Crippen LogP contribution in [0.15, 0.2) is 119 Å². The van der Waals surface area contributed by atoms with E-state index in [1.54, 1.807) is 36.4 Å². The predicted octanol–water partition coefficient (Wildman–Crippen LogP) is 7.93. The second kappa shape index (κ2) is 9.76. The molecular formula is C33H22N2O5S. The van der Waals surface area contributed by atoms with Gasteiger partial charge >= 0.3 is 0 Å². The van der Waals surface area contributed by atoms with Gasteiger partial charge in [0.25, 0.3) is 5.91 Å². The molecule has 6 aromatic rings. The Kier molecular flexibility index (Phi) is 5.91. The molecule has 1 aliphatic rings. The summed E-state index contributed by atoms with van der Waals surface area (Å²) in [5.74, 6) is -0.731. The first-order valence-corrected chi connectivity index (χ1v) is 13.8. The molecule has 3 heterocycles. The molecule has 1 amide bonds. The average Bonchev–Trinajstić information content (AvgIpc) is 3.67. The molecule has 2 aromatic heterocycles. The van der Waals surface area contributed by atoms with Gasteiger partial charge in [-0.15, -0.1) is 0 Å². The number of aromatic nitrogens is 1. The number of aliphatic hydroxyl groups is 1. The van der Waals surface area contributed by atoms with Crippen LogP contribution in [0.4, 0.5) is 5.13 Å². The molecule has 41 heavy (non-hydrogen) atoms. The van der Waals surface area contributed by atoms with E-state index in [-0.39, 0.29) is 11.3 Å². The number of nitrogens with zero attached hydrogens (tertiary/aromatic N) is 2. The number of aryl methyl sites for hydroxylation is 1. The van der Waals surface area contributed by atoms with E-state index in [0.717, 1.165) is 21.2 Å². The Hall–Kier alpha value is -5.21. The van der Waals surface area contributed by atoms with Crippen molar-refractivity contribution in [2.75, 3.05) is 4.90 Å². The second-order valence-electron chi connectivity index (χ2n) is 9.77. The van der Waals surface area contributed by atoms with Crippen molar-refractivity contribution in [2.24, 2.45) is 0 Å². The molecule has 0 spiro atoms. The van der Waals surface area contributed by atoms with Crippen molar-refractivity contribution >= 4 is 49.3 Å². The number of para-hydroxylation sites is 2. The Labute approximate surface area is 238 Å². The highest BCUT2D eigenvalue weighted by Gasteiger charge is 2.46. The van der Waals surface area contributed by atoms with Crippen LogP contribution in [-0.4, -0.2) is 21.8 Å². The van der Waals surface area contributed by atoms with Crippen LogP contribution in [0.2, 0.25) is 0 Å². The molecule has 0 radical (unpaired) electrons. The number of ketones is 1. The second-order valence-corrected chi connectivity index (χ2v) is 10.8. The molecular weight excluding hydrogens is 536 g/mol. The maximum absolute atomic E-state index is 14.0. The molecule has 7 nitrogen and oxygen atoms in total. The number of fused-ring (bicyclic) bond motifs is 2. The van der Waals surface area contributed by atoms with E-state index in [0.29, 0.717) is 27.8 Å². The van der Waals surface area contributed by atoms with Gasteiger partial charge in [0.15, 0.2) is 16.7 Å². The van der Waals surface area contributed by atoms with Crippen molar-refractivity contribution in [3.05, 3.63) is 131 Å². The van der Waals surface area contributed by atoms with Crippen LogP contribution < -0.4 is 9.64 Å². The third kappa shape index (κ3) is 4.34. The first-order chi connectivity index (χ1) is 20.0. The van der Waals surface area contributed by atoms with Gasteiger partial charge in [-0.1, -0.05) is 65.9 Å². The van der Waals surface area contributed by atoms with Gasteiger partial charge in [-0.2, -0.15) is 0 Å². The van der Waals surface area contributed by atoms with Gasteiger partial charge < -0.3 is 14.3 Å². The zero-order chi connectivity index (χ0) is 28.1. The van der Waals surface area contributed by atoms with E-state index in [2.05, 4.69) is 0 Å². The highest BCUT2D eigenvalue weighted by Crippen LogP contribution is 2.45. The van der Waals surface area contributed by atoms with Gasteiger partial charge in [0.1, 0.15) is 17.1 Å². The topological polar surface area (TPSA) is 92.9 Å². The molecule has 7 rings (SSSR count). The number of furan rings is 1. The summed E-state index contributed by atoms with van der Waals surface area (Å²) in [4.78, 5) is 33.8. The number of hydrogen-bond donors (Lipinski definition) is 1. The summed E-state index contributed by atoms with van der Waals surface area (Å²) in [7, 11) is 0. The summed E-state index contributed by atoms with van der Waals surface area (Å²) in [5, 5.41) is 12.3. The number of rotatable bonds is 6. The number of aliphatic hydroxyl groups excluding tert-OH is 1. The van der Waals surface area contributed by atoms with Gasteiger partial charge in [0, 0.05) is 5.39 Å². The van der Waals surface area contributed by atoms with Crippen molar-refractivity contribution in [1.82, 2.24) is 4.98 Å². The van der Waals surface area contributed by atoms with Crippen LogP contribution in [0.5, 0.6) is 11.5 Å². The van der Waals surface area contributed by atoms with E-state index < -0.39 is 23.5 Å². The van der Waals surface area contributed by atoms with E-state index in [1.807, 2.05) is 73.7 Å². The standard InChI is InChI=1S/C33H22N2O5S/c1-19-14-15-24-27(16-19)41-33(34-24)35-29(21-9-7-12-23(17-21)39-22-10-3-2-4-11-22)28(31(37)32(35)38)30(36)26-18-20-8-5-6-13-25(20)40-26/h2-18,29,37H,1H3. The summed E-state index contributed by atoms with van der Waals surface area (Å²) in [5.41, 5.74) is 2.81. The van der Waals surface area contributed by atoms with Crippen LogP contribution in [-0.2, 0) is 4.79 Å². The fourth-order valence-corrected chi connectivity index (χ4v) is 6.16. The molecule has 4 aromatic carbocycles. The van der Waals surface area contributed by atoms with E-state index in [4.69, 9.17) is 14.1 Å². The number of amides is 1. The molecule has 0 bridgehead atoms. The Bertz CT molecular complexity index is 1970. The van der Waals surface area contributed by atoms with Gasteiger partial charge in [-0.25, -0.2) is 4.98 Å². The van der Waals surface area contributed by atoms with Gasteiger partial charge in [-0.05, 0) is 66.6 Å². The summed E-state index contributed by atoms with van der Waals surface area (Å²) in [6.07, 6.45) is 0. The van der Waals surface area contributed by atoms with Crippen molar-refractivity contribution in [2.45, 2.75) is 13.0 Å². The minimum Gasteiger partial charge on any atom is -0.503 e. The fraction of sp³-hybridized carbons (Fsp3) is 0.0606.